The van der Waals surface area contributed by atoms with Crippen molar-refractivity contribution in [3.63, 3.8) is 0 Å². The topological polar surface area (TPSA) is 12.5 Å². The molecule has 2 heteroatoms. The van der Waals surface area contributed by atoms with Crippen molar-refractivity contribution in [1.29, 1.82) is 0 Å². The van der Waals surface area contributed by atoms with Crippen molar-refractivity contribution < 1.29 is 4.74 Å². The van der Waals surface area contributed by atoms with Crippen molar-refractivity contribution in [2.45, 2.75) is 38.7 Å². The van der Waals surface area contributed by atoms with Gasteiger partial charge in [-0.25, -0.2) is 0 Å². The maximum absolute atomic E-state index is 6.34. The van der Waals surface area contributed by atoms with Crippen molar-refractivity contribution in [1.82, 2.24) is 0 Å². The number of fused-ring (bicyclic) bond motifs is 2. The molecule has 0 bridgehead atoms. The molecular weight excluding hydrogens is 438 g/mol. The van der Waals surface area contributed by atoms with Crippen LogP contribution in [0.4, 0.5) is 17.1 Å². The molecule has 0 radical (unpaired) electrons. The molecule has 0 amide bonds. The Hall–Kier alpha value is -4.04. The van der Waals surface area contributed by atoms with Gasteiger partial charge in [-0.2, -0.15) is 0 Å². The first kappa shape index (κ1) is 22.4. The summed E-state index contributed by atoms with van der Waals surface area (Å²) in [5, 5.41) is 2.44. The fourth-order valence-electron chi connectivity index (χ4n) is 5.24. The zero-order valence-corrected chi connectivity index (χ0v) is 21.3. The molecule has 0 saturated heterocycles. The predicted molar refractivity (Wildman–Crippen MR) is 152 cm³/mol. The van der Waals surface area contributed by atoms with E-state index in [0.717, 1.165) is 22.8 Å². The van der Waals surface area contributed by atoms with Crippen LogP contribution >= 0.6 is 0 Å². The SMILES string of the molecule is CC1(C)Oc2ccc(-c3cc(N(c4ccccc4)c4ccccc4)c4ccccc4c3)cc2C1(C)C. The van der Waals surface area contributed by atoms with Crippen LogP contribution in [0, 0.1) is 0 Å². The molecule has 0 saturated carbocycles. The van der Waals surface area contributed by atoms with Crippen LogP contribution in [0.25, 0.3) is 21.9 Å². The zero-order chi connectivity index (χ0) is 24.9. The van der Waals surface area contributed by atoms with Crippen LogP contribution in [0.5, 0.6) is 5.75 Å². The molecule has 5 aromatic rings. The van der Waals surface area contributed by atoms with Gasteiger partial charge in [-0.3, -0.25) is 0 Å². The minimum atomic E-state index is -0.250. The van der Waals surface area contributed by atoms with Crippen LogP contribution in [0.2, 0.25) is 0 Å². The fourth-order valence-corrected chi connectivity index (χ4v) is 5.24. The second kappa shape index (κ2) is 8.27. The van der Waals surface area contributed by atoms with Gasteiger partial charge in [0.2, 0.25) is 0 Å². The van der Waals surface area contributed by atoms with Crippen LogP contribution in [-0.4, -0.2) is 5.60 Å². The number of ether oxygens (including phenoxy) is 1. The van der Waals surface area contributed by atoms with Crippen molar-refractivity contribution in [2.75, 3.05) is 4.90 Å². The van der Waals surface area contributed by atoms with Gasteiger partial charge in [-0.05, 0) is 78.9 Å². The van der Waals surface area contributed by atoms with Gasteiger partial charge in [-0.1, -0.05) is 80.6 Å². The number of hydrogen-bond donors (Lipinski definition) is 0. The number of benzene rings is 5. The number of anilines is 3. The second-order valence-corrected chi connectivity index (χ2v) is 10.7. The van der Waals surface area contributed by atoms with Crippen LogP contribution in [0.3, 0.4) is 0 Å². The Morgan fingerprint density at radius 1 is 0.583 bits per heavy atom. The third-order valence-electron chi connectivity index (χ3n) is 7.97. The first-order valence-electron chi connectivity index (χ1n) is 12.6. The van der Waals surface area contributed by atoms with Gasteiger partial charge in [0.05, 0.1) is 5.69 Å². The fraction of sp³-hybridized carbons (Fsp3) is 0.176. The van der Waals surface area contributed by atoms with Crippen LogP contribution < -0.4 is 9.64 Å². The van der Waals surface area contributed by atoms with E-state index in [9.17, 15) is 0 Å². The molecule has 178 valence electrons. The van der Waals surface area contributed by atoms with E-state index in [1.807, 2.05) is 0 Å². The van der Waals surface area contributed by atoms with Crippen molar-refractivity contribution in [3.8, 4) is 16.9 Å². The van der Waals surface area contributed by atoms with Gasteiger partial charge in [0.1, 0.15) is 11.4 Å². The van der Waals surface area contributed by atoms with E-state index in [0.29, 0.717) is 0 Å². The Morgan fingerprint density at radius 3 is 1.86 bits per heavy atom. The number of hydrogen-bond acceptors (Lipinski definition) is 2. The molecule has 36 heavy (non-hydrogen) atoms. The molecule has 0 aliphatic carbocycles. The van der Waals surface area contributed by atoms with E-state index < -0.39 is 0 Å². The van der Waals surface area contributed by atoms with Gasteiger partial charge in [0.25, 0.3) is 0 Å². The molecule has 1 aliphatic rings. The van der Waals surface area contributed by atoms with Gasteiger partial charge < -0.3 is 9.64 Å². The first-order chi connectivity index (χ1) is 17.3. The smallest absolute Gasteiger partial charge is 0.124 e. The van der Waals surface area contributed by atoms with E-state index in [1.165, 1.54) is 27.5 Å². The van der Waals surface area contributed by atoms with Crippen molar-refractivity contribution >= 4 is 27.8 Å². The highest BCUT2D eigenvalue weighted by Crippen LogP contribution is 2.50. The quantitative estimate of drug-likeness (QED) is 0.260. The van der Waals surface area contributed by atoms with Gasteiger partial charge in [-0.15, -0.1) is 0 Å². The summed E-state index contributed by atoms with van der Waals surface area (Å²) >= 11 is 0. The standard InChI is InChI=1S/C34H31NO/c1-33(2)30-22-24(19-20-32(30)36-34(33,3)4)26-21-25-13-11-12-18-29(25)31(23-26)35(27-14-7-5-8-15-27)28-16-9-6-10-17-28/h5-23H,1-4H3. The summed E-state index contributed by atoms with van der Waals surface area (Å²) in [5.41, 5.74) is 6.77. The third-order valence-corrected chi connectivity index (χ3v) is 7.97. The Morgan fingerprint density at radius 2 is 1.19 bits per heavy atom. The summed E-state index contributed by atoms with van der Waals surface area (Å²) in [5.74, 6) is 0.991. The van der Waals surface area contributed by atoms with Crippen molar-refractivity contribution in [2.24, 2.45) is 0 Å². The molecule has 6 rings (SSSR count). The van der Waals surface area contributed by atoms with Gasteiger partial charge in [0.15, 0.2) is 0 Å². The number of rotatable bonds is 4. The summed E-state index contributed by atoms with van der Waals surface area (Å²) in [6, 6.07) is 41.2. The Kier molecular flexibility index (Phi) is 5.15. The van der Waals surface area contributed by atoms with E-state index >= 15 is 0 Å². The Labute approximate surface area is 213 Å². The Balaban J connectivity index is 1.58. The molecule has 2 nitrogen and oxygen atoms in total. The largest absolute Gasteiger partial charge is 0.487 e. The highest BCUT2D eigenvalue weighted by Gasteiger charge is 2.47. The lowest BCUT2D eigenvalue weighted by Crippen LogP contribution is -2.41. The summed E-state index contributed by atoms with van der Waals surface area (Å²) < 4.78 is 6.34. The summed E-state index contributed by atoms with van der Waals surface area (Å²) in [4.78, 5) is 2.36. The molecule has 0 unspecified atom stereocenters. The number of para-hydroxylation sites is 2. The van der Waals surface area contributed by atoms with Crippen molar-refractivity contribution in [3.05, 3.63) is 121 Å². The molecular formula is C34H31NO. The maximum Gasteiger partial charge on any atom is 0.124 e. The predicted octanol–water partition coefficient (Wildman–Crippen LogP) is 9.43. The highest BCUT2D eigenvalue weighted by atomic mass is 16.5. The van der Waals surface area contributed by atoms with Crippen LogP contribution in [0.1, 0.15) is 33.3 Å². The highest BCUT2D eigenvalue weighted by molar-refractivity contribution is 6.02. The molecule has 0 atom stereocenters. The third kappa shape index (κ3) is 3.56. The summed E-state index contributed by atoms with van der Waals surface area (Å²) in [7, 11) is 0. The molecule has 0 spiro atoms. The molecule has 0 aromatic heterocycles. The molecule has 5 aromatic carbocycles. The lowest BCUT2D eigenvalue weighted by Gasteiger charge is -2.33. The molecule has 1 heterocycles. The van der Waals surface area contributed by atoms with E-state index in [-0.39, 0.29) is 11.0 Å². The van der Waals surface area contributed by atoms with E-state index in [2.05, 4.69) is 148 Å². The molecule has 1 aliphatic heterocycles. The first-order valence-corrected chi connectivity index (χ1v) is 12.6. The zero-order valence-electron chi connectivity index (χ0n) is 21.3. The summed E-state index contributed by atoms with van der Waals surface area (Å²) in [6.45, 7) is 8.92. The lowest BCUT2D eigenvalue weighted by atomic mass is 9.73. The minimum Gasteiger partial charge on any atom is -0.487 e. The van der Waals surface area contributed by atoms with E-state index in [4.69, 9.17) is 4.74 Å². The van der Waals surface area contributed by atoms with Crippen LogP contribution in [-0.2, 0) is 5.41 Å². The Bertz CT molecular complexity index is 1510. The van der Waals surface area contributed by atoms with E-state index in [1.54, 1.807) is 0 Å². The average molecular weight is 470 g/mol. The molecule has 0 fully saturated rings. The lowest BCUT2D eigenvalue weighted by molar-refractivity contribution is 0.0712. The molecule has 0 N–H and O–H groups in total. The monoisotopic (exact) mass is 469 g/mol. The maximum atomic E-state index is 6.34. The average Bonchev–Trinajstić information content (AvgIpc) is 3.08. The normalized spacial score (nSPS) is 15.3. The van der Waals surface area contributed by atoms with Gasteiger partial charge in [0, 0.05) is 27.7 Å². The summed E-state index contributed by atoms with van der Waals surface area (Å²) in [6.07, 6.45) is 0. The minimum absolute atomic E-state index is 0.0852. The van der Waals surface area contributed by atoms with Gasteiger partial charge >= 0.3 is 0 Å². The second-order valence-electron chi connectivity index (χ2n) is 10.7. The van der Waals surface area contributed by atoms with Crippen LogP contribution in [0.15, 0.2) is 115 Å². The number of nitrogens with zero attached hydrogens (tertiary/aromatic N) is 1.